The summed E-state index contributed by atoms with van der Waals surface area (Å²) in [6.45, 7) is -0.379. The Bertz CT molecular complexity index is 862. The van der Waals surface area contributed by atoms with Crippen LogP contribution in [0.25, 0.3) is 0 Å². The van der Waals surface area contributed by atoms with Crippen LogP contribution in [0.1, 0.15) is 5.56 Å². The first-order chi connectivity index (χ1) is 13.5. The minimum atomic E-state index is -0.681. The molecule has 1 aliphatic heterocycles. The van der Waals surface area contributed by atoms with Crippen LogP contribution in [0.15, 0.2) is 48.5 Å². The van der Waals surface area contributed by atoms with Crippen LogP contribution >= 0.6 is 0 Å². The Balaban J connectivity index is 1.64. The van der Waals surface area contributed by atoms with E-state index in [1.54, 1.807) is 18.2 Å². The van der Waals surface area contributed by atoms with Crippen molar-refractivity contribution in [2.45, 2.75) is 12.5 Å². The molecule has 1 atom stereocenters. The van der Waals surface area contributed by atoms with Gasteiger partial charge in [0.2, 0.25) is 5.91 Å². The van der Waals surface area contributed by atoms with Crippen LogP contribution in [0.4, 0.5) is 10.5 Å². The maximum atomic E-state index is 12.5. The molecule has 0 spiro atoms. The van der Waals surface area contributed by atoms with Crippen molar-refractivity contribution in [3.63, 3.8) is 0 Å². The molecular weight excluding hydrogens is 362 g/mol. The molecule has 0 radical (unpaired) electrons. The van der Waals surface area contributed by atoms with Crippen molar-refractivity contribution >= 4 is 23.5 Å². The van der Waals surface area contributed by atoms with Gasteiger partial charge in [-0.1, -0.05) is 30.3 Å². The molecule has 1 saturated heterocycles. The third kappa shape index (κ3) is 4.40. The molecule has 2 aromatic carbocycles. The number of hydrogen-bond donors (Lipinski definition) is 2. The predicted octanol–water partition coefficient (Wildman–Crippen LogP) is 1.81. The van der Waals surface area contributed by atoms with Gasteiger partial charge in [-0.15, -0.1) is 0 Å². The standard InChI is InChI=1S/C20H21N3O5/c1-27-15-9-14(10-16(11-15)28-2)21-18(24)12-23-19(25)17(22-20(23)26)8-13-6-4-3-5-7-13/h3-7,9-11,17H,8,12H2,1-2H3,(H,21,24)(H,22,26). The van der Waals surface area contributed by atoms with Crippen molar-refractivity contribution in [3.8, 4) is 11.5 Å². The van der Waals surface area contributed by atoms with Crippen molar-refractivity contribution in [3.05, 3.63) is 54.1 Å². The topological polar surface area (TPSA) is 97.0 Å². The molecule has 0 aromatic heterocycles. The molecule has 28 heavy (non-hydrogen) atoms. The van der Waals surface area contributed by atoms with Gasteiger partial charge in [-0.05, 0) is 5.56 Å². The first kappa shape index (κ1) is 19.2. The molecule has 8 heteroatoms. The fourth-order valence-electron chi connectivity index (χ4n) is 2.94. The number of imide groups is 1. The van der Waals surface area contributed by atoms with Crippen LogP contribution in [0.5, 0.6) is 11.5 Å². The molecule has 1 unspecified atom stereocenters. The molecule has 0 saturated carbocycles. The average Bonchev–Trinajstić information content (AvgIpc) is 2.95. The van der Waals surface area contributed by atoms with Crippen molar-refractivity contribution in [2.75, 3.05) is 26.1 Å². The van der Waals surface area contributed by atoms with Gasteiger partial charge < -0.3 is 20.1 Å². The Kier molecular flexibility index (Phi) is 5.78. The maximum Gasteiger partial charge on any atom is 0.325 e. The Labute approximate surface area is 162 Å². The smallest absolute Gasteiger partial charge is 0.325 e. The average molecular weight is 383 g/mol. The number of nitrogens with zero attached hydrogens (tertiary/aromatic N) is 1. The molecule has 4 amide bonds. The number of carbonyl (C=O) groups is 3. The summed E-state index contributed by atoms with van der Waals surface area (Å²) < 4.78 is 10.3. The first-order valence-electron chi connectivity index (χ1n) is 8.69. The van der Waals surface area contributed by atoms with Gasteiger partial charge >= 0.3 is 6.03 Å². The lowest BCUT2D eigenvalue weighted by Gasteiger charge is -2.14. The lowest BCUT2D eigenvalue weighted by atomic mass is 10.1. The largest absolute Gasteiger partial charge is 0.497 e. The lowest BCUT2D eigenvalue weighted by molar-refractivity contribution is -0.130. The van der Waals surface area contributed by atoms with E-state index in [0.29, 0.717) is 23.6 Å². The summed E-state index contributed by atoms with van der Waals surface area (Å²) in [5.74, 6) is 0.0894. The molecule has 2 N–H and O–H groups in total. The van der Waals surface area contributed by atoms with E-state index in [9.17, 15) is 14.4 Å². The maximum absolute atomic E-state index is 12.5. The van der Waals surface area contributed by atoms with Crippen LogP contribution in [0.2, 0.25) is 0 Å². The number of methoxy groups -OCH3 is 2. The molecule has 1 aliphatic rings. The van der Waals surface area contributed by atoms with E-state index in [4.69, 9.17) is 9.47 Å². The highest BCUT2D eigenvalue weighted by atomic mass is 16.5. The zero-order chi connectivity index (χ0) is 20.1. The summed E-state index contributed by atoms with van der Waals surface area (Å²) in [5.41, 5.74) is 1.37. The van der Waals surface area contributed by atoms with E-state index < -0.39 is 23.9 Å². The molecule has 1 fully saturated rings. The fraction of sp³-hybridized carbons (Fsp3) is 0.250. The quantitative estimate of drug-likeness (QED) is 0.711. The molecule has 3 rings (SSSR count). The molecule has 2 aromatic rings. The Morgan fingerprint density at radius 1 is 1.07 bits per heavy atom. The lowest BCUT2D eigenvalue weighted by Crippen LogP contribution is -2.38. The number of urea groups is 1. The van der Waals surface area contributed by atoms with Crippen molar-refractivity contribution in [2.24, 2.45) is 0 Å². The monoisotopic (exact) mass is 383 g/mol. The number of rotatable bonds is 7. The van der Waals surface area contributed by atoms with E-state index >= 15 is 0 Å². The minimum absolute atomic E-state index is 0.372. The second-order valence-electron chi connectivity index (χ2n) is 6.27. The van der Waals surface area contributed by atoms with E-state index in [1.807, 2.05) is 30.3 Å². The summed E-state index contributed by atoms with van der Waals surface area (Å²) in [6, 6.07) is 13.0. The number of anilines is 1. The van der Waals surface area contributed by atoms with Gasteiger partial charge in [0.15, 0.2) is 0 Å². The molecule has 146 valence electrons. The fourth-order valence-corrected chi connectivity index (χ4v) is 2.94. The normalized spacial score (nSPS) is 15.9. The van der Waals surface area contributed by atoms with E-state index in [1.165, 1.54) is 14.2 Å². The highest BCUT2D eigenvalue weighted by Crippen LogP contribution is 2.25. The molecule has 0 aliphatic carbocycles. The number of ether oxygens (including phenoxy) is 2. The van der Waals surface area contributed by atoms with Crippen molar-refractivity contribution in [1.29, 1.82) is 0 Å². The number of hydrogen-bond acceptors (Lipinski definition) is 5. The Hall–Kier alpha value is -3.55. The van der Waals surface area contributed by atoms with Crippen LogP contribution in [-0.2, 0) is 16.0 Å². The van der Waals surface area contributed by atoms with E-state index in [-0.39, 0.29) is 6.54 Å². The summed E-state index contributed by atoms with van der Waals surface area (Å²) in [7, 11) is 3.00. The molecule has 0 bridgehead atoms. The Morgan fingerprint density at radius 2 is 1.71 bits per heavy atom. The van der Waals surface area contributed by atoms with Gasteiger partial charge in [0.1, 0.15) is 24.1 Å². The van der Waals surface area contributed by atoms with Gasteiger partial charge in [-0.25, -0.2) is 4.79 Å². The number of benzene rings is 2. The highest BCUT2D eigenvalue weighted by Gasteiger charge is 2.38. The van der Waals surface area contributed by atoms with Gasteiger partial charge in [-0.2, -0.15) is 0 Å². The second kappa shape index (κ2) is 8.43. The second-order valence-corrected chi connectivity index (χ2v) is 6.27. The van der Waals surface area contributed by atoms with Crippen LogP contribution in [0, 0.1) is 0 Å². The summed E-state index contributed by atoms with van der Waals surface area (Å²) in [4.78, 5) is 38.0. The third-order valence-electron chi connectivity index (χ3n) is 4.33. The van der Waals surface area contributed by atoms with Gasteiger partial charge in [0.05, 0.1) is 14.2 Å². The predicted molar refractivity (Wildman–Crippen MR) is 102 cm³/mol. The van der Waals surface area contributed by atoms with E-state index in [0.717, 1.165) is 10.5 Å². The van der Waals surface area contributed by atoms with Crippen molar-refractivity contribution in [1.82, 2.24) is 10.2 Å². The van der Waals surface area contributed by atoms with Gasteiger partial charge in [0, 0.05) is 30.3 Å². The van der Waals surface area contributed by atoms with Gasteiger partial charge in [-0.3, -0.25) is 14.5 Å². The molecule has 8 nitrogen and oxygen atoms in total. The molecular formula is C20H21N3O5. The number of amides is 4. The van der Waals surface area contributed by atoms with Crippen molar-refractivity contribution < 1.29 is 23.9 Å². The van der Waals surface area contributed by atoms with Crippen LogP contribution < -0.4 is 20.1 Å². The van der Waals surface area contributed by atoms with Crippen LogP contribution in [0.3, 0.4) is 0 Å². The molecule has 1 heterocycles. The summed E-state index contributed by atoms with van der Waals surface area (Å²) >= 11 is 0. The summed E-state index contributed by atoms with van der Waals surface area (Å²) in [5, 5.41) is 5.28. The van der Waals surface area contributed by atoms with Crippen LogP contribution in [-0.4, -0.2) is 49.6 Å². The SMILES string of the molecule is COc1cc(NC(=O)CN2C(=O)NC(Cc3ccccc3)C2=O)cc(OC)c1. The van der Waals surface area contributed by atoms with Gasteiger partial charge in [0.25, 0.3) is 5.91 Å². The zero-order valence-corrected chi connectivity index (χ0v) is 15.6. The summed E-state index contributed by atoms with van der Waals surface area (Å²) in [6.07, 6.45) is 0.372. The Morgan fingerprint density at radius 3 is 2.32 bits per heavy atom. The number of carbonyl (C=O) groups excluding carboxylic acids is 3. The third-order valence-corrected chi connectivity index (χ3v) is 4.33. The minimum Gasteiger partial charge on any atom is -0.497 e. The van der Waals surface area contributed by atoms with E-state index in [2.05, 4.69) is 10.6 Å². The number of nitrogens with one attached hydrogen (secondary N) is 2. The zero-order valence-electron chi connectivity index (χ0n) is 15.6. The highest BCUT2D eigenvalue weighted by molar-refractivity contribution is 6.08. The first-order valence-corrected chi connectivity index (χ1v) is 8.69.